The average Bonchev–Trinajstić information content (AvgIpc) is 2.89. The number of anilines is 1. The third kappa shape index (κ3) is 5.20. The summed E-state index contributed by atoms with van der Waals surface area (Å²) in [7, 11) is 1.71. The molecule has 1 unspecified atom stereocenters. The Bertz CT molecular complexity index is 706. The Balaban J connectivity index is 2.05. The van der Waals surface area contributed by atoms with Crippen LogP contribution in [0.4, 0.5) is 14.6 Å². The topological polar surface area (TPSA) is 85.6 Å². The zero-order valence-corrected chi connectivity index (χ0v) is 13.1. The summed E-state index contributed by atoms with van der Waals surface area (Å²) in [5.41, 5.74) is 0.137. The number of carbonyl (C=O) groups excluding carboxylic acids is 1. The molecule has 130 valence electrons. The molecule has 2 N–H and O–H groups in total. The van der Waals surface area contributed by atoms with E-state index in [0.717, 1.165) is 0 Å². The quantitative estimate of drug-likeness (QED) is 0.808. The number of benzene rings is 1. The van der Waals surface area contributed by atoms with Gasteiger partial charge in [-0.1, -0.05) is 0 Å². The maximum absolute atomic E-state index is 12.2. The van der Waals surface area contributed by atoms with Crippen molar-refractivity contribution in [1.29, 1.82) is 0 Å². The van der Waals surface area contributed by atoms with Crippen LogP contribution in [0.5, 0.6) is 11.5 Å². The number of aromatic nitrogens is 2. The van der Waals surface area contributed by atoms with Gasteiger partial charge in [-0.2, -0.15) is 13.9 Å². The van der Waals surface area contributed by atoms with Gasteiger partial charge in [0.1, 0.15) is 17.6 Å². The van der Waals surface area contributed by atoms with Crippen LogP contribution in [0.1, 0.15) is 17.3 Å². The minimum atomic E-state index is -2.89. The van der Waals surface area contributed by atoms with Crippen molar-refractivity contribution in [2.24, 2.45) is 7.05 Å². The molecule has 0 aliphatic rings. The Kier molecular flexibility index (Phi) is 5.69. The van der Waals surface area contributed by atoms with Gasteiger partial charge in [-0.25, -0.2) is 0 Å². The molecule has 1 amide bonds. The predicted octanol–water partition coefficient (Wildman–Crippen LogP) is 2.38. The number of amides is 1. The molecule has 2 rings (SSSR count). The van der Waals surface area contributed by atoms with E-state index in [2.05, 4.69) is 15.2 Å². The highest BCUT2D eigenvalue weighted by Crippen LogP contribution is 2.23. The second-order valence-electron chi connectivity index (χ2n) is 5.07. The highest BCUT2D eigenvalue weighted by molar-refractivity contribution is 6.04. The lowest BCUT2D eigenvalue weighted by Gasteiger charge is -2.15. The van der Waals surface area contributed by atoms with E-state index < -0.39 is 18.6 Å². The monoisotopic (exact) mass is 341 g/mol. The van der Waals surface area contributed by atoms with E-state index in [0.29, 0.717) is 5.82 Å². The fourth-order valence-corrected chi connectivity index (χ4v) is 1.93. The maximum Gasteiger partial charge on any atom is 0.345 e. The molecule has 0 fully saturated rings. The molecule has 0 aliphatic carbocycles. The Hall–Kier alpha value is -2.68. The van der Waals surface area contributed by atoms with Gasteiger partial charge >= 0.3 is 6.61 Å². The summed E-state index contributed by atoms with van der Waals surface area (Å²) < 4.78 is 35.0. The lowest BCUT2D eigenvalue weighted by atomic mass is 10.2. The van der Waals surface area contributed by atoms with E-state index in [-0.39, 0.29) is 23.7 Å². The maximum atomic E-state index is 12.2. The molecule has 0 radical (unpaired) electrons. The predicted molar refractivity (Wildman–Crippen MR) is 81.3 cm³/mol. The summed E-state index contributed by atoms with van der Waals surface area (Å²) in [6.45, 7) is -1.69. The number of aryl methyl sites for hydroxylation is 1. The number of nitrogens with zero attached hydrogens (tertiary/aromatic N) is 2. The molecule has 1 heterocycles. The van der Waals surface area contributed by atoms with Gasteiger partial charge in [0.2, 0.25) is 0 Å². The largest absolute Gasteiger partial charge is 0.508 e. The van der Waals surface area contributed by atoms with Gasteiger partial charge in [-0.05, 0) is 19.1 Å². The van der Waals surface area contributed by atoms with Crippen LogP contribution >= 0.6 is 0 Å². The molecule has 1 atom stereocenters. The van der Waals surface area contributed by atoms with Gasteiger partial charge in [0.15, 0.2) is 5.82 Å². The summed E-state index contributed by atoms with van der Waals surface area (Å²) >= 11 is 0. The normalized spacial score (nSPS) is 12.2. The van der Waals surface area contributed by atoms with E-state index >= 15 is 0 Å². The molecule has 24 heavy (non-hydrogen) atoms. The van der Waals surface area contributed by atoms with Crippen LogP contribution in [-0.4, -0.2) is 40.1 Å². The number of hydrogen-bond acceptors (Lipinski definition) is 5. The second-order valence-corrected chi connectivity index (χ2v) is 5.07. The zero-order valence-electron chi connectivity index (χ0n) is 13.1. The third-order valence-corrected chi connectivity index (χ3v) is 2.90. The number of nitrogens with one attached hydrogen (secondary N) is 1. The standard InChI is InChI=1S/C15H17F2N3O4/c1-9(8-23-15(16)17)24-12-6-10(5-11(21)7-12)14(22)18-13-3-4-20(2)19-13/h3-7,9,15,21H,8H2,1-2H3,(H,18,19,22). The van der Waals surface area contributed by atoms with Crippen LogP contribution < -0.4 is 10.1 Å². The average molecular weight is 341 g/mol. The van der Waals surface area contributed by atoms with Gasteiger partial charge in [0.05, 0.1) is 6.61 Å². The summed E-state index contributed by atoms with van der Waals surface area (Å²) in [4.78, 5) is 12.2. The van der Waals surface area contributed by atoms with Crippen molar-refractivity contribution >= 4 is 11.7 Å². The number of phenols is 1. The third-order valence-electron chi connectivity index (χ3n) is 2.90. The summed E-state index contributed by atoms with van der Waals surface area (Å²) in [6, 6.07) is 5.53. The molecule has 0 bridgehead atoms. The van der Waals surface area contributed by atoms with Crippen LogP contribution in [0.3, 0.4) is 0 Å². The SMILES string of the molecule is CC(COC(F)F)Oc1cc(O)cc(C(=O)Nc2ccn(C)n2)c1. The number of phenolic OH excluding ortho intramolecular Hbond substituents is 1. The lowest BCUT2D eigenvalue weighted by Crippen LogP contribution is -2.21. The lowest BCUT2D eigenvalue weighted by molar-refractivity contribution is -0.142. The number of ether oxygens (including phenoxy) is 2. The van der Waals surface area contributed by atoms with Crippen LogP contribution in [0.25, 0.3) is 0 Å². The molecule has 1 aromatic carbocycles. The first-order chi connectivity index (χ1) is 11.3. The van der Waals surface area contributed by atoms with Crippen molar-refractivity contribution in [3.63, 3.8) is 0 Å². The van der Waals surface area contributed by atoms with E-state index in [1.165, 1.54) is 29.8 Å². The number of rotatable bonds is 7. The molecule has 0 aliphatic heterocycles. The summed E-state index contributed by atoms with van der Waals surface area (Å²) in [6.07, 6.45) is 0.976. The van der Waals surface area contributed by atoms with E-state index in [4.69, 9.17) is 4.74 Å². The van der Waals surface area contributed by atoms with Gasteiger partial charge in [0.25, 0.3) is 5.91 Å². The molecule has 0 saturated carbocycles. The van der Waals surface area contributed by atoms with Crippen LogP contribution in [0.15, 0.2) is 30.5 Å². The van der Waals surface area contributed by atoms with Crippen molar-refractivity contribution in [3.8, 4) is 11.5 Å². The molecular weight excluding hydrogens is 324 g/mol. The number of carbonyl (C=O) groups is 1. The molecule has 7 nitrogen and oxygen atoms in total. The van der Waals surface area contributed by atoms with E-state index in [1.54, 1.807) is 19.3 Å². The number of hydrogen-bond donors (Lipinski definition) is 2. The Labute approximate surface area is 136 Å². The minimum Gasteiger partial charge on any atom is -0.508 e. The van der Waals surface area contributed by atoms with Crippen LogP contribution in [-0.2, 0) is 11.8 Å². The molecule has 9 heteroatoms. The zero-order chi connectivity index (χ0) is 17.7. The highest BCUT2D eigenvalue weighted by Gasteiger charge is 2.14. The Morgan fingerprint density at radius 1 is 1.42 bits per heavy atom. The van der Waals surface area contributed by atoms with Gasteiger partial charge in [0, 0.05) is 30.9 Å². The molecule has 2 aromatic rings. The fraction of sp³-hybridized carbons (Fsp3) is 0.333. The van der Waals surface area contributed by atoms with Crippen molar-refractivity contribution in [1.82, 2.24) is 9.78 Å². The number of aromatic hydroxyl groups is 1. The second kappa shape index (κ2) is 7.73. The first-order valence-corrected chi connectivity index (χ1v) is 7.05. The smallest absolute Gasteiger partial charge is 0.345 e. The van der Waals surface area contributed by atoms with Crippen LogP contribution in [0, 0.1) is 0 Å². The molecule has 1 aromatic heterocycles. The van der Waals surface area contributed by atoms with Gasteiger partial charge < -0.3 is 19.9 Å². The molecule has 0 saturated heterocycles. The molecule has 0 spiro atoms. The molecular formula is C15H17F2N3O4. The highest BCUT2D eigenvalue weighted by atomic mass is 19.3. The van der Waals surface area contributed by atoms with Gasteiger partial charge in [-0.15, -0.1) is 0 Å². The Morgan fingerprint density at radius 2 is 2.17 bits per heavy atom. The van der Waals surface area contributed by atoms with Crippen molar-refractivity contribution in [3.05, 3.63) is 36.0 Å². The van der Waals surface area contributed by atoms with Gasteiger partial charge in [-0.3, -0.25) is 9.48 Å². The van der Waals surface area contributed by atoms with E-state index in [9.17, 15) is 18.7 Å². The van der Waals surface area contributed by atoms with Crippen molar-refractivity contribution in [2.75, 3.05) is 11.9 Å². The summed E-state index contributed by atoms with van der Waals surface area (Å²) in [5, 5.41) is 16.3. The van der Waals surface area contributed by atoms with Crippen molar-refractivity contribution < 1.29 is 28.2 Å². The number of halogens is 2. The Morgan fingerprint density at radius 3 is 2.79 bits per heavy atom. The first-order valence-electron chi connectivity index (χ1n) is 7.05. The fourth-order valence-electron chi connectivity index (χ4n) is 1.93. The first kappa shape index (κ1) is 17.7. The van der Waals surface area contributed by atoms with Crippen molar-refractivity contribution in [2.45, 2.75) is 19.6 Å². The summed E-state index contributed by atoms with van der Waals surface area (Å²) in [5.74, 6) is -0.176. The minimum absolute atomic E-state index is 0.137. The van der Waals surface area contributed by atoms with Crippen LogP contribution in [0.2, 0.25) is 0 Å². The van der Waals surface area contributed by atoms with E-state index in [1.807, 2.05) is 0 Å². The number of alkyl halides is 2.